The Hall–Kier alpha value is -5.76. The first-order chi connectivity index (χ1) is 30.8. The maximum atomic E-state index is 13.6. The van der Waals surface area contributed by atoms with Gasteiger partial charge in [0.25, 0.3) is 0 Å². The second-order valence-electron chi connectivity index (χ2n) is 16.8. The molecule has 3 aliphatic heterocycles. The summed E-state index contributed by atoms with van der Waals surface area (Å²) in [6, 6.07) is 15.2. The van der Waals surface area contributed by atoms with Crippen LogP contribution in [-0.2, 0) is 23.9 Å². The molecule has 0 bridgehead atoms. The molecule has 3 aromatic carbocycles. The maximum absolute atomic E-state index is 13.6. The van der Waals surface area contributed by atoms with Gasteiger partial charge in [-0.2, -0.15) is 9.90 Å². The van der Waals surface area contributed by atoms with Crippen LogP contribution >= 0.6 is 0 Å². The molecule has 1 saturated carbocycles. The molecule has 1 aliphatic carbocycles. The van der Waals surface area contributed by atoms with E-state index in [0.29, 0.717) is 22.0 Å². The van der Waals surface area contributed by atoms with Gasteiger partial charge in [-0.25, -0.2) is 4.99 Å². The Morgan fingerprint density at radius 1 is 0.969 bits per heavy atom. The van der Waals surface area contributed by atoms with Gasteiger partial charge in [0.15, 0.2) is 23.1 Å². The number of carbonyl (C=O) groups is 2. The zero-order valence-electron chi connectivity index (χ0n) is 35.3. The molecule has 1 aromatic heterocycles. The van der Waals surface area contributed by atoms with Gasteiger partial charge in [-0.1, -0.05) is 48.6 Å². The number of allylic oxidation sites excluding steroid dienone is 1. The third kappa shape index (κ3) is 9.38. The van der Waals surface area contributed by atoms with E-state index in [1.807, 2.05) is 38.1 Å². The lowest BCUT2D eigenvalue weighted by Gasteiger charge is -2.42. The molecule has 9 unspecified atom stereocenters. The van der Waals surface area contributed by atoms with Crippen LogP contribution in [0.25, 0.3) is 27.8 Å². The number of ether oxygens (including phenoxy) is 3. The van der Waals surface area contributed by atoms with Gasteiger partial charge in [0.2, 0.25) is 18.7 Å². The Kier molecular flexibility index (Phi) is 13.4. The molecule has 0 spiro atoms. The lowest BCUT2D eigenvalue weighted by atomic mass is 9.91. The number of carbonyl (C=O) groups excluding carboxylic acids is 1. The van der Waals surface area contributed by atoms with Gasteiger partial charge >= 0.3 is 11.9 Å². The number of aliphatic carboxylic acids is 1. The number of rotatable bonds is 15. The molecular formula is C47H52N3O14+. The number of quaternary nitrogens is 1. The zero-order valence-corrected chi connectivity index (χ0v) is 35.3. The number of aliphatic hydroxyl groups is 4. The molecular weight excluding hydrogens is 831 g/mol. The first-order valence-electron chi connectivity index (χ1n) is 21.4. The summed E-state index contributed by atoms with van der Waals surface area (Å²) < 4.78 is 23.6. The number of esters is 1. The lowest BCUT2D eigenvalue weighted by molar-refractivity contribution is -1.04. The molecule has 1 saturated heterocycles. The van der Waals surface area contributed by atoms with Crippen LogP contribution in [0.15, 0.2) is 98.5 Å². The number of phenolic OH excluding ortho intramolecular Hbond substituents is 1. The van der Waals surface area contributed by atoms with Gasteiger partial charge in [-0.15, -0.1) is 0 Å². The standard InChI is InChI=1S/C47H51N3O14/c1-24-18-25(2)20-28(19-24)38-37-27(14-16-48-37)22-50(38)64-43-41(55)40(54)42(46(59)63-45(58)36(44(56)57)34(15-17-51)49-29-6-4-3-5-7-29)62-47(43)61-31-12-13-32-35(21-31)60-23-33(39(32)53)26-8-10-30(52)11-9-26/h8-14,16,18-21,23,29,34,36,40-43,46-47,49,51-52,54-55,59H,3-7,15,17,22H2,1-2H3,(H,56,57)/p+1. The minimum Gasteiger partial charge on any atom is -0.508 e. The summed E-state index contributed by atoms with van der Waals surface area (Å²) in [7, 11) is 0. The van der Waals surface area contributed by atoms with Crippen LogP contribution in [-0.4, -0.2) is 111 Å². The molecule has 0 amide bonds. The summed E-state index contributed by atoms with van der Waals surface area (Å²) in [5, 5.41) is 68.4. The Morgan fingerprint density at radius 3 is 2.41 bits per heavy atom. The SMILES string of the molecule is Cc1cc(C)cc(C2=C3N=CC=C3C[NH+]2OC2C(Oc3ccc4c(=O)c(-c5ccc(O)cc5)coc4c3)OC(C(O)OC(=O)C(C(=O)O)C(CCO)NC3CCCCC3)C(O)C2O)c1. The van der Waals surface area contributed by atoms with Crippen LogP contribution in [0.1, 0.15) is 55.2 Å². The quantitative estimate of drug-likeness (QED) is 0.0485. The van der Waals surface area contributed by atoms with E-state index in [4.69, 9.17) is 23.5 Å². The summed E-state index contributed by atoms with van der Waals surface area (Å²) in [6.45, 7) is 3.75. The first kappa shape index (κ1) is 44.8. The van der Waals surface area contributed by atoms with Gasteiger partial charge in [0.1, 0.15) is 47.8 Å². The number of nitrogens with zero attached hydrogens (tertiary/aromatic N) is 1. The average Bonchev–Trinajstić information content (AvgIpc) is 3.85. The van der Waals surface area contributed by atoms with Crippen LogP contribution < -0.4 is 20.5 Å². The van der Waals surface area contributed by atoms with Crippen molar-refractivity contribution in [2.45, 2.75) is 101 Å². The second-order valence-corrected chi connectivity index (χ2v) is 16.8. The summed E-state index contributed by atoms with van der Waals surface area (Å²) in [5.74, 6) is -4.68. The molecule has 64 heavy (non-hydrogen) atoms. The predicted molar refractivity (Wildman–Crippen MR) is 230 cm³/mol. The highest BCUT2D eigenvalue weighted by Gasteiger charge is 2.54. The second kappa shape index (κ2) is 19.1. The number of carboxylic acid groups (broad SMARTS) is 1. The topological polar surface area (TPSA) is 251 Å². The number of aromatic hydroxyl groups is 1. The molecule has 9 atom stereocenters. The van der Waals surface area contributed by atoms with E-state index in [2.05, 4.69) is 10.3 Å². The minimum atomic E-state index is -2.32. The average molecular weight is 883 g/mol. The van der Waals surface area contributed by atoms with Crippen LogP contribution in [0.4, 0.5) is 0 Å². The molecule has 17 nitrogen and oxygen atoms in total. The molecule has 4 aromatic rings. The maximum Gasteiger partial charge on any atom is 0.324 e. The number of nitrogens with one attached hydrogen (secondary N) is 2. The summed E-state index contributed by atoms with van der Waals surface area (Å²) >= 11 is 0. The van der Waals surface area contributed by atoms with Gasteiger partial charge in [0, 0.05) is 42.1 Å². The predicted octanol–water partition coefficient (Wildman–Crippen LogP) is 2.42. The highest BCUT2D eigenvalue weighted by molar-refractivity contribution is 5.95. The Labute approximate surface area is 367 Å². The number of aliphatic hydroxyl groups excluding tert-OH is 4. The van der Waals surface area contributed by atoms with Crippen molar-refractivity contribution in [2.24, 2.45) is 10.9 Å². The van der Waals surface area contributed by atoms with Crippen LogP contribution in [0.3, 0.4) is 0 Å². The smallest absolute Gasteiger partial charge is 0.324 e. The Morgan fingerprint density at radius 2 is 1.70 bits per heavy atom. The van der Waals surface area contributed by atoms with Gasteiger partial charge in [-0.3, -0.25) is 14.4 Å². The van der Waals surface area contributed by atoms with Gasteiger partial charge in [0.05, 0.1) is 10.9 Å². The van der Waals surface area contributed by atoms with E-state index < -0.39 is 67.5 Å². The number of benzene rings is 3. The number of aliphatic imine (C=N–C) groups is 1. The largest absolute Gasteiger partial charge is 0.508 e. The number of carboxylic acids is 1. The van der Waals surface area contributed by atoms with E-state index in [9.17, 15) is 45.0 Å². The van der Waals surface area contributed by atoms with Crippen molar-refractivity contribution in [1.29, 1.82) is 0 Å². The fraction of sp³-hybridized carbons (Fsp3) is 0.404. The highest BCUT2D eigenvalue weighted by atomic mass is 16.8. The number of aryl methyl sites for hydroxylation is 2. The van der Waals surface area contributed by atoms with Crippen molar-refractivity contribution in [2.75, 3.05) is 13.2 Å². The van der Waals surface area contributed by atoms with E-state index in [-0.39, 0.29) is 52.5 Å². The summed E-state index contributed by atoms with van der Waals surface area (Å²) in [6.07, 6.45) is -2.13. The van der Waals surface area contributed by atoms with Crippen LogP contribution in [0.2, 0.25) is 0 Å². The third-order valence-electron chi connectivity index (χ3n) is 12.1. The Bertz CT molecular complexity index is 2510. The monoisotopic (exact) mass is 882 g/mol. The molecule has 338 valence electrons. The number of hydrogen-bond donors (Lipinski definition) is 8. The van der Waals surface area contributed by atoms with E-state index in [1.165, 1.54) is 36.6 Å². The summed E-state index contributed by atoms with van der Waals surface area (Å²) in [4.78, 5) is 51.0. The van der Waals surface area contributed by atoms with Crippen LogP contribution in [0, 0.1) is 19.8 Å². The Balaban J connectivity index is 1.09. The summed E-state index contributed by atoms with van der Waals surface area (Å²) in [5.41, 5.74) is 5.48. The lowest BCUT2D eigenvalue weighted by Crippen LogP contribution is -3.08. The van der Waals surface area contributed by atoms with Gasteiger partial charge in [-0.05, 0) is 81.1 Å². The third-order valence-corrected chi connectivity index (χ3v) is 12.1. The highest BCUT2D eigenvalue weighted by Crippen LogP contribution is 2.33. The van der Waals surface area contributed by atoms with Crippen LogP contribution in [0.5, 0.6) is 11.5 Å². The van der Waals surface area contributed by atoms with Crippen molar-refractivity contribution in [3.8, 4) is 22.6 Å². The number of hydrogen-bond acceptors (Lipinski definition) is 15. The molecule has 2 fully saturated rings. The number of phenols is 1. The van der Waals surface area contributed by atoms with Gasteiger partial charge < -0.3 is 54.6 Å². The minimum absolute atomic E-state index is 0.0321. The van der Waals surface area contributed by atoms with E-state index in [1.54, 1.807) is 18.3 Å². The molecule has 0 radical (unpaired) electrons. The first-order valence-corrected chi connectivity index (χ1v) is 21.4. The molecule has 17 heteroatoms. The number of hydroxylamine groups is 2. The van der Waals surface area contributed by atoms with Crippen molar-refractivity contribution in [3.63, 3.8) is 0 Å². The molecule has 4 heterocycles. The zero-order chi connectivity index (χ0) is 45.2. The van der Waals surface area contributed by atoms with E-state index in [0.717, 1.165) is 54.4 Å². The fourth-order valence-corrected chi connectivity index (χ4v) is 9.04. The molecule has 8 N–H and O–H groups in total. The van der Waals surface area contributed by atoms with Crippen molar-refractivity contribution < 1.29 is 68.8 Å². The van der Waals surface area contributed by atoms with Crippen molar-refractivity contribution >= 4 is 34.8 Å². The van der Waals surface area contributed by atoms with Crippen molar-refractivity contribution in [3.05, 3.63) is 111 Å². The molecule has 8 rings (SSSR count). The van der Waals surface area contributed by atoms with Crippen molar-refractivity contribution in [1.82, 2.24) is 5.32 Å². The number of fused-ring (bicyclic) bond motifs is 2. The fourth-order valence-electron chi connectivity index (χ4n) is 9.04. The van der Waals surface area contributed by atoms with E-state index >= 15 is 0 Å². The molecule has 4 aliphatic rings. The normalized spacial score (nSPS) is 24.9.